The van der Waals surface area contributed by atoms with E-state index < -0.39 is 11.4 Å². The highest BCUT2D eigenvalue weighted by Gasteiger charge is 2.39. The largest absolute Gasteiger partial charge is 0.486 e. The first-order chi connectivity index (χ1) is 22.5. The highest BCUT2D eigenvalue weighted by atomic mass is 35.5. The third-order valence-corrected chi connectivity index (χ3v) is 9.94. The van der Waals surface area contributed by atoms with Crippen molar-refractivity contribution in [1.29, 1.82) is 0 Å². The van der Waals surface area contributed by atoms with Crippen LogP contribution in [0.1, 0.15) is 49.9 Å². The average molecular weight is 655 g/mol. The van der Waals surface area contributed by atoms with E-state index in [-0.39, 0.29) is 46.9 Å². The molecule has 2 aromatic carbocycles. The second-order valence-electron chi connectivity index (χ2n) is 12.9. The molecule has 1 amide bonds. The fourth-order valence-electron chi connectivity index (χ4n) is 7.32. The van der Waals surface area contributed by atoms with E-state index in [1.807, 2.05) is 52.8 Å². The lowest BCUT2D eigenvalue weighted by atomic mass is 9.94. The van der Waals surface area contributed by atoms with Crippen molar-refractivity contribution in [2.75, 3.05) is 24.6 Å². The number of aryl methyl sites for hydroxylation is 2. The number of nitrogens with zero attached hydrogens (tertiary/aromatic N) is 5. The second-order valence-corrected chi connectivity index (χ2v) is 13.2. The van der Waals surface area contributed by atoms with Crippen molar-refractivity contribution in [2.24, 2.45) is 0 Å². The number of fused-ring (bicyclic) bond motifs is 6. The summed E-state index contributed by atoms with van der Waals surface area (Å²) in [6.45, 7) is 14.6. The smallest absolute Gasteiger partial charge is 0.300 e. The van der Waals surface area contributed by atoms with Crippen LogP contribution in [0.15, 0.2) is 54.1 Å². The molecule has 2 aliphatic rings. The molecule has 5 heterocycles. The third-order valence-electron chi connectivity index (χ3n) is 9.57. The average Bonchev–Trinajstić information content (AvgIpc) is 3.44. The topological polar surface area (TPSA) is 96.3 Å². The van der Waals surface area contributed by atoms with Gasteiger partial charge in [0.05, 0.1) is 52.0 Å². The van der Waals surface area contributed by atoms with Gasteiger partial charge in [-0.05, 0) is 62.1 Å². The van der Waals surface area contributed by atoms with Gasteiger partial charge in [-0.2, -0.15) is 5.10 Å². The Labute approximate surface area is 276 Å². The summed E-state index contributed by atoms with van der Waals surface area (Å²) in [5, 5.41) is 8.44. The first-order valence-corrected chi connectivity index (χ1v) is 16.2. The molecule has 1 N–H and O–H groups in total. The fourth-order valence-corrected chi connectivity index (χ4v) is 7.69. The Balaban J connectivity index is 1.62. The van der Waals surface area contributed by atoms with Gasteiger partial charge in [-0.15, -0.1) is 0 Å². The predicted octanol–water partition coefficient (Wildman–Crippen LogP) is 6.84. The normalized spacial score (nSPS) is 17.9. The number of aromatic nitrogens is 4. The van der Waals surface area contributed by atoms with E-state index in [0.29, 0.717) is 53.0 Å². The van der Waals surface area contributed by atoms with Crippen molar-refractivity contribution >= 4 is 45.0 Å². The number of benzene rings is 2. The van der Waals surface area contributed by atoms with Crippen LogP contribution in [0.3, 0.4) is 0 Å². The standard InChI is InChI=1S/C36H36ClFN6O3/c1-7-27(45)42-17-22-11-13-47-35-34(43(22)16-21(42)6)23-14-25(38)29(28-19(4)8-9-26-24(28)15-40-41-26)30(37)33(23)44(36(35)46)32-20(5)10-12-39-31(32)18(2)3/h7-10,12,14-15,18,21-22H,1,11,13,16-17H2,2-6H3,(H,40,41). The summed E-state index contributed by atoms with van der Waals surface area (Å²) >= 11 is 7.43. The summed E-state index contributed by atoms with van der Waals surface area (Å²) in [7, 11) is 0. The van der Waals surface area contributed by atoms with Gasteiger partial charge in [-0.3, -0.25) is 24.2 Å². The molecule has 0 saturated carbocycles. The Bertz CT molecular complexity index is 2170. The summed E-state index contributed by atoms with van der Waals surface area (Å²) in [5.41, 5.74) is 4.90. The van der Waals surface area contributed by atoms with Crippen molar-refractivity contribution in [2.45, 2.75) is 59.0 Å². The zero-order valence-electron chi connectivity index (χ0n) is 27.0. The third kappa shape index (κ3) is 4.72. The van der Waals surface area contributed by atoms with Crippen LogP contribution in [-0.2, 0) is 4.79 Å². The number of carbonyl (C=O) groups excluding carboxylic acids is 1. The molecule has 0 spiro atoms. The number of halogens is 2. The first kappa shape index (κ1) is 30.9. The van der Waals surface area contributed by atoms with Crippen LogP contribution in [0.4, 0.5) is 10.1 Å². The molecule has 11 heteroatoms. The van der Waals surface area contributed by atoms with E-state index >= 15 is 4.39 Å². The number of carbonyl (C=O) groups is 1. The zero-order valence-corrected chi connectivity index (χ0v) is 27.8. The number of amides is 1. The second kappa shape index (κ2) is 11.5. The Morgan fingerprint density at radius 1 is 1.15 bits per heavy atom. The molecule has 47 heavy (non-hydrogen) atoms. The van der Waals surface area contributed by atoms with Crippen molar-refractivity contribution in [3.8, 4) is 22.6 Å². The Hall–Kier alpha value is -4.70. The minimum atomic E-state index is -0.534. The molecule has 0 bridgehead atoms. The number of H-pyrrole nitrogens is 1. The van der Waals surface area contributed by atoms with Gasteiger partial charge in [0.15, 0.2) is 0 Å². The predicted molar refractivity (Wildman–Crippen MR) is 184 cm³/mol. The summed E-state index contributed by atoms with van der Waals surface area (Å²) in [4.78, 5) is 36.3. The summed E-state index contributed by atoms with van der Waals surface area (Å²) in [5.74, 6) is -0.593. The van der Waals surface area contributed by atoms with E-state index in [9.17, 15) is 9.59 Å². The highest BCUT2D eigenvalue weighted by Crippen LogP contribution is 2.47. The molecule has 3 aromatic heterocycles. The lowest BCUT2D eigenvalue weighted by molar-refractivity contribution is -0.128. The highest BCUT2D eigenvalue weighted by molar-refractivity contribution is 6.39. The number of rotatable bonds is 4. The van der Waals surface area contributed by atoms with Crippen molar-refractivity contribution in [3.63, 3.8) is 0 Å². The van der Waals surface area contributed by atoms with Gasteiger partial charge in [0.2, 0.25) is 11.7 Å². The number of ether oxygens (including phenoxy) is 1. The van der Waals surface area contributed by atoms with Gasteiger partial charge in [-0.1, -0.05) is 38.1 Å². The fraction of sp³-hybridized carbons (Fsp3) is 0.333. The molecule has 1 fully saturated rings. The van der Waals surface area contributed by atoms with Crippen LogP contribution in [0.2, 0.25) is 5.02 Å². The molecule has 242 valence electrons. The number of aromatic amines is 1. The lowest BCUT2D eigenvalue weighted by Crippen LogP contribution is -2.59. The van der Waals surface area contributed by atoms with Crippen LogP contribution in [0.25, 0.3) is 38.6 Å². The van der Waals surface area contributed by atoms with Gasteiger partial charge < -0.3 is 14.5 Å². The van der Waals surface area contributed by atoms with Crippen molar-refractivity contribution < 1.29 is 13.9 Å². The molecule has 2 unspecified atom stereocenters. The lowest BCUT2D eigenvalue weighted by Gasteiger charge is -2.45. The molecule has 0 aliphatic carbocycles. The molecule has 1 saturated heterocycles. The van der Waals surface area contributed by atoms with E-state index in [1.54, 1.807) is 21.9 Å². The number of hydrogen-bond acceptors (Lipinski definition) is 6. The molecular formula is C36H36ClFN6O3. The number of hydrogen-bond donors (Lipinski definition) is 1. The summed E-state index contributed by atoms with van der Waals surface area (Å²) in [6.07, 6.45) is 5.27. The minimum Gasteiger partial charge on any atom is -0.486 e. The maximum Gasteiger partial charge on any atom is 0.300 e. The molecule has 7 rings (SSSR count). The van der Waals surface area contributed by atoms with Crippen LogP contribution < -0.4 is 15.2 Å². The quantitative estimate of drug-likeness (QED) is 0.213. The van der Waals surface area contributed by atoms with Gasteiger partial charge in [0.1, 0.15) is 5.82 Å². The van der Waals surface area contributed by atoms with Crippen molar-refractivity contribution in [3.05, 3.63) is 87.3 Å². The number of anilines is 1. The molecule has 2 aliphatic heterocycles. The van der Waals surface area contributed by atoms with Crippen LogP contribution in [0.5, 0.6) is 5.75 Å². The Morgan fingerprint density at radius 2 is 1.94 bits per heavy atom. The van der Waals surface area contributed by atoms with E-state index in [0.717, 1.165) is 22.0 Å². The Kier molecular flexibility index (Phi) is 7.58. The SMILES string of the molecule is C=CC(=O)N1CC2CCOc3c(c4cc(F)c(-c5c(C)ccc6[nH]ncc56)c(Cl)c4n(-c4c(C)ccnc4C(C)C)c3=O)N2CC1C. The van der Waals surface area contributed by atoms with Crippen LogP contribution in [0, 0.1) is 19.7 Å². The number of piperazine rings is 1. The van der Waals surface area contributed by atoms with Gasteiger partial charge in [-0.25, -0.2) is 4.39 Å². The zero-order chi connectivity index (χ0) is 33.3. The summed E-state index contributed by atoms with van der Waals surface area (Å²) in [6, 6.07) is 6.74. The Morgan fingerprint density at radius 3 is 2.68 bits per heavy atom. The van der Waals surface area contributed by atoms with E-state index in [1.165, 1.54) is 12.1 Å². The van der Waals surface area contributed by atoms with Crippen molar-refractivity contribution in [1.82, 2.24) is 24.6 Å². The molecule has 9 nitrogen and oxygen atoms in total. The number of nitrogens with one attached hydrogen (secondary N) is 1. The van der Waals surface area contributed by atoms with Crippen LogP contribution >= 0.6 is 11.6 Å². The molecular weight excluding hydrogens is 619 g/mol. The molecule has 5 aromatic rings. The van der Waals surface area contributed by atoms with Crippen LogP contribution in [-0.4, -0.2) is 62.3 Å². The van der Waals surface area contributed by atoms with E-state index in [2.05, 4.69) is 21.7 Å². The van der Waals surface area contributed by atoms with Gasteiger partial charge >= 0.3 is 0 Å². The first-order valence-electron chi connectivity index (χ1n) is 15.9. The monoisotopic (exact) mass is 654 g/mol. The van der Waals surface area contributed by atoms with Gasteiger partial charge in [0.25, 0.3) is 5.56 Å². The molecule has 0 radical (unpaired) electrons. The minimum absolute atomic E-state index is 0.0344. The van der Waals surface area contributed by atoms with E-state index in [4.69, 9.17) is 21.3 Å². The summed E-state index contributed by atoms with van der Waals surface area (Å²) < 4.78 is 24.7. The van der Waals surface area contributed by atoms with Gasteiger partial charge in [0, 0.05) is 53.6 Å². The molecule has 2 atom stereocenters. The maximum atomic E-state index is 16.8. The maximum absolute atomic E-state index is 16.8. The number of pyridine rings is 2.